The van der Waals surface area contributed by atoms with Crippen LogP contribution in [0.5, 0.6) is 0 Å². The van der Waals surface area contributed by atoms with Gasteiger partial charge in [-0.15, -0.1) is 0 Å². The Hall–Kier alpha value is -0.830. The molecule has 1 aliphatic carbocycles. The second-order valence-electron chi connectivity index (χ2n) is 4.76. The fourth-order valence-corrected chi connectivity index (χ4v) is 2.51. The summed E-state index contributed by atoms with van der Waals surface area (Å²) in [5.41, 5.74) is -1.26. The number of alkyl halides is 3. The molecule has 0 aliphatic heterocycles. The predicted octanol–water partition coefficient (Wildman–Crippen LogP) is 1.34. The number of carbonyl (C=O) groups is 1. The Morgan fingerprint density at radius 3 is 2.21 bits per heavy atom. The van der Waals surface area contributed by atoms with Gasteiger partial charge in [0, 0.05) is 0 Å². The van der Waals surface area contributed by atoms with Gasteiger partial charge in [0.1, 0.15) is 0 Å². The van der Waals surface area contributed by atoms with Crippen molar-refractivity contribution in [2.45, 2.75) is 43.8 Å². The van der Waals surface area contributed by atoms with Crippen molar-refractivity contribution >= 4 is 16.0 Å². The standard InChI is InChI=1S/C10H16F3NO4S/c1-19(16,17)18-7-9(5-3-2-4-6-9)14-8(15)10(11,12)13/h2-7H2,1H3,(H,14,15). The third-order valence-corrected chi connectivity index (χ3v) is 3.54. The van der Waals surface area contributed by atoms with E-state index >= 15 is 0 Å². The summed E-state index contributed by atoms with van der Waals surface area (Å²) in [6.07, 6.45) is -1.57. The summed E-state index contributed by atoms with van der Waals surface area (Å²) in [5.74, 6) is -2.06. The quantitative estimate of drug-likeness (QED) is 0.796. The highest BCUT2D eigenvalue weighted by Crippen LogP contribution is 2.30. The Labute approximate surface area is 109 Å². The second kappa shape index (κ2) is 5.66. The minimum absolute atomic E-state index is 0.268. The van der Waals surface area contributed by atoms with Crippen molar-refractivity contribution in [3.63, 3.8) is 0 Å². The van der Waals surface area contributed by atoms with Gasteiger partial charge in [-0.25, -0.2) is 0 Å². The Morgan fingerprint density at radius 1 is 1.26 bits per heavy atom. The van der Waals surface area contributed by atoms with Gasteiger partial charge in [-0.2, -0.15) is 21.6 Å². The maximum absolute atomic E-state index is 12.3. The summed E-state index contributed by atoms with van der Waals surface area (Å²) in [6.45, 7) is -0.465. The number of rotatable bonds is 4. The highest BCUT2D eigenvalue weighted by atomic mass is 32.2. The van der Waals surface area contributed by atoms with Crippen LogP contribution in [0.2, 0.25) is 0 Å². The Kier molecular flexibility index (Phi) is 4.83. The first-order chi connectivity index (χ1) is 8.54. The van der Waals surface area contributed by atoms with Gasteiger partial charge in [-0.1, -0.05) is 19.3 Å². The van der Waals surface area contributed by atoms with Gasteiger partial charge in [-0.3, -0.25) is 8.98 Å². The van der Waals surface area contributed by atoms with E-state index in [0.29, 0.717) is 12.8 Å². The Bertz CT molecular complexity index is 427. The van der Waals surface area contributed by atoms with E-state index in [2.05, 4.69) is 4.18 Å². The van der Waals surface area contributed by atoms with Crippen LogP contribution in [0.25, 0.3) is 0 Å². The molecule has 1 aliphatic rings. The van der Waals surface area contributed by atoms with Crippen molar-refractivity contribution in [2.75, 3.05) is 12.9 Å². The first kappa shape index (κ1) is 16.2. The molecular formula is C10H16F3NO4S. The van der Waals surface area contributed by atoms with Gasteiger partial charge in [-0.05, 0) is 12.8 Å². The minimum atomic E-state index is -4.99. The zero-order valence-electron chi connectivity index (χ0n) is 10.4. The molecule has 1 N–H and O–H groups in total. The summed E-state index contributed by atoms with van der Waals surface area (Å²) in [5, 5.41) is 1.89. The maximum atomic E-state index is 12.3. The highest BCUT2D eigenvalue weighted by molar-refractivity contribution is 7.85. The van der Waals surface area contributed by atoms with Crippen LogP contribution in [0.3, 0.4) is 0 Å². The van der Waals surface area contributed by atoms with Crippen molar-refractivity contribution in [2.24, 2.45) is 0 Å². The molecule has 1 fully saturated rings. The lowest BCUT2D eigenvalue weighted by molar-refractivity contribution is -0.176. The molecule has 0 unspecified atom stereocenters. The molecular weight excluding hydrogens is 287 g/mol. The number of halogens is 3. The SMILES string of the molecule is CS(=O)(=O)OCC1(NC(=O)C(F)(F)F)CCCCC1. The largest absolute Gasteiger partial charge is 0.471 e. The van der Waals surface area contributed by atoms with Gasteiger partial charge < -0.3 is 5.32 Å². The first-order valence-corrected chi connectivity index (χ1v) is 7.60. The molecule has 1 saturated carbocycles. The van der Waals surface area contributed by atoms with Crippen molar-refractivity contribution in [1.82, 2.24) is 5.32 Å². The van der Waals surface area contributed by atoms with Gasteiger partial charge in [0.05, 0.1) is 18.4 Å². The summed E-state index contributed by atoms with van der Waals surface area (Å²) >= 11 is 0. The molecule has 1 rings (SSSR count). The molecule has 19 heavy (non-hydrogen) atoms. The van der Waals surface area contributed by atoms with Crippen LogP contribution >= 0.6 is 0 Å². The third-order valence-electron chi connectivity index (χ3n) is 3.00. The summed E-state index contributed by atoms with van der Waals surface area (Å²) < 4.78 is 63.3. The van der Waals surface area contributed by atoms with Crippen LogP contribution in [0.4, 0.5) is 13.2 Å². The van der Waals surface area contributed by atoms with E-state index < -0.39 is 34.3 Å². The lowest BCUT2D eigenvalue weighted by Gasteiger charge is -2.37. The van der Waals surface area contributed by atoms with E-state index in [1.165, 1.54) is 0 Å². The van der Waals surface area contributed by atoms with Crippen molar-refractivity contribution < 1.29 is 30.6 Å². The normalized spacial score (nSPS) is 20.0. The predicted molar refractivity (Wildman–Crippen MR) is 60.8 cm³/mol. The van der Waals surface area contributed by atoms with Crippen LogP contribution < -0.4 is 5.32 Å². The second-order valence-corrected chi connectivity index (χ2v) is 6.40. The summed E-state index contributed by atoms with van der Waals surface area (Å²) in [6, 6.07) is 0. The zero-order chi connectivity index (χ0) is 14.7. The highest BCUT2D eigenvalue weighted by Gasteiger charge is 2.44. The summed E-state index contributed by atoms with van der Waals surface area (Å²) in [7, 11) is -3.77. The van der Waals surface area contributed by atoms with Gasteiger partial charge in [0.15, 0.2) is 0 Å². The van der Waals surface area contributed by atoms with Gasteiger partial charge in [0.2, 0.25) is 0 Å². The van der Waals surface area contributed by atoms with Crippen molar-refractivity contribution in [3.8, 4) is 0 Å². The molecule has 0 heterocycles. The number of hydrogen-bond donors (Lipinski definition) is 1. The molecule has 0 aromatic rings. The average molecular weight is 303 g/mol. The van der Waals surface area contributed by atoms with Crippen LogP contribution in [0.1, 0.15) is 32.1 Å². The number of hydrogen-bond acceptors (Lipinski definition) is 4. The van der Waals surface area contributed by atoms with Crippen molar-refractivity contribution in [1.29, 1.82) is 0 Å². The lowest BCUT2D eigenvalue weighted by Crippen LogP contribution is -2.56. The molecule has 0 saturated heterocycles. The summed E-state index contributed by atoms with van der Waals surface area (Å²) in [4.78, 5) is 11.0. The van der Waals surface area contributed by atoms with E-state index in [0.717, 1.165) is 12.7 Å². The fourth-order valence-electron chi connectivity index (χ4n) is 2.07. The van der Waals surface area contributed by atoms with E-state index in [1.807, 2.05) is 5.32 Å². The minimum Gasteiger partial charge on any atom is -0.340 e. The molecule has 0 bridgehead atoms. The first-order valence-electron chi connectivity index (χ1n) is 5.78. The average Bonchev–Trinajstić information content (AvgIpc) is 2.26. The van der Waals surface area contributed by atoms with E-state index in [1.54, 1.807) is 0 Å². The molecule has 0 radical (unpaired) electrons. The number of amides is 1. The molecule has 0 aromatic carbocycles. The third kappa shape index (κ3) is 5.35. The number of nitrogens with one attached hydrogen (secondary N) is 1. The van der Waals surface area contributed by atoms with Crippen LogP contribution in [-0.2, 0) is 19.1 Å². The zero-order valence-corrected chi connectivity index (χ0v) is 11.2. The molecule has 112 valence electrons. The van der Waals surface area contributed by atoms with E-state index in [-0.39, 0.29) is 12.8 Å². The number of carbonyl (C=O) groups excluding carboxylic acids is 1. The van der Waals surface area contributed by atoms with Crippen molar-refractivity contribution in [3.05, 3.63) is 0 Å². The smallest absolute Gasteiger partial charge is 0.340 e. The fraction of sp³-hybridized carbons (Fsp3) is 0.900. The topological polar surface area (TPSA) is 72.5 Å². The molecule has 5 nitrogen and oxygen atoms in total. The molecule has 0 aromatic heterocycles. The van der Waals surface area contributed by atoms with Crippen LogP contribution in [-0.4, -0.2) is 38.9 Å². The van der Waals surface area contributed by atoms with E-state index in [4.69, 9.17) is 0 Å². The van der Waals surface area contributed by atoms with Crippen LogP contribution in [0.15, 0.2) is 0 Å². The molecule has 0 spiro atoms. The Morgan fingerprint density at radius 2 is 1.79 bits per heavy atom. The lowest BCUT2D eigenvalue weighted by atomic mass is 9.82. The molecule has 1 amide bonds. The Balaban J connectivity index is 2.78. The van der Waals surface area contributed by atoms with Crippen LogP contribution in [0, 0.1) is 0 Å². The van der Waals surface area contributed by atoms with E-state index in [9.17, 15) is 26.4 Å². The van der Waals surface area contributed by atoms with Gasteiger partial charge >= 0.3 is 12.1 Å². The maximum Gasteiger partial charge on any atom is 0.471 e. The molecule has 0 atom stereocenters. The molecule has 9 heteroatoms. The van der Waals surface area contributed by atoms with Gasteiger partial charge in [0.25, 0.3) is 10.1 Å². The monoisotopic (exact) mass is 303 g/mol.